The maximum atomic E-state index is 8.65. The van der Waals surface area contributed by atoms with Crippen molar-refractivity contribution in [2.24, 2.45) is 0 Å². The van der Waals surface area contributed by atoms with Gasteiger partial charge >= 0.3 is 0 Å². The average molecular weight is 281 g/mol. The molecule has 96 valence electrons. The van der Waals surface area contributed by atoms with Crippen LogP contribution in [0, 0.1) is 11.3 Å². The Morgan fingerprint density at radius 3 is 2.60 bits per heavy atom. The quantitative estimate of drug-likeness (QED) is 0.728. The molecule has 0 amide bonds. The molecule has 0 radical (unpaired) electrons. The van der Waals surface area contributed by atoms with Crippen molar-refractivity contribution in [1.29, 1.82) is 5.26 Å². The van der Waals surface area contributed by atoms with Crippen molar-refractivity contribution >= 4 is 11.8 Å². The summed E-state index contributed by atoms with van der Waals surface area (Å²) in [5, 5.41) is 17.5. The molecule has 0 unspecified atom stereocenters. The first-order valence-corrected chi connectivity index (χ1v) is 6.46. The van der Waals surface area contributed by atoms with E-state index < -0.39 is 0 Å². The van der Waals surface area contributed by atoms with Gasteiger partial charge in [-0.2, -0.15) is 5.26 Å². The van der Waals surface area contributed by atoms with Crippen LogP contribution in [0.2, 0.25) is 0 Å². The molecule has 0 spiro atoms. The van der Waals surface area contributed by atoms with E-state index in [9.17, 15) is 0 Å². The number of hydrogen-bond acceptors (Lipinski definition) is 7. The van der Waals surface area contributed by atoms with Gasteiger partial charge in [0.25, 0.3) is 5.22 Å². The zero-order chi connectivity index (χ0) is 13.8. The van der Waals surface area contributed by atoms with Crippen molar-refractivity contribution in [3.63, 3.8) is 0 Å². The fourth-order valence-corrected chi connectivity index (χ4v) is 2.06. The lowest BCUT2D eigenvalue weighted by atomic mass is 10.2. The molecule has 2 aromatic heterocycles. The summed E-state index contributed by atoms with van der Waals surface area (Å²) < 4.78 is 5.54. The van der Waals surface area contributed by atoms with Gasteiger partial charge in [0.05, 0.1) is 12.4 Å². The summed E-state index contributed by atoms with van der Waals surface area (Å²) in [4.78, 5) is 8.00. The monoisotopic (exact) mass is 281 g/mol. The first-order chi connectivity index (χ1) is 9.85. The van der Waals surface area contributed by atoms with Gasteiger partial charge < -0.3 is 4.42 Å². The Labute approximate surface area is 118 Å². The lowest BCUT2D eigenvalue weighted by Crippen LogP contribution is -1.86. The highest BCUT2D eigenvalue weighted by atomic mass is 32.2. The predicted octanol–water partition coefficient (Wildman–Crippen LogP) is 2.55. The Hall–Kier alpha value is -2.72. The summed E-state index contributed by atoms with van der Waals surface area (Å²) in [5.74, 6) is 0.453. The van der Waals surface area contributed by atoms with E-state index in [1.165, 1.54) is 24.2 Å². The topological polar surface area (TPSA) is 88.5 Å². The van der Waals surface area contributed by atoms with Crippen LogP contribution < -0.4 is 0 Å². The van der Waals surface area contributed by atoms with E-state index in [1.807, 2.05) is 36.4 Å². The van der Waals surface area contributed by atoms with Gasteiger partial charge in [-0.15, -0.1) is 10.2 Å². The normalized spacial score (nSPS) is 10.2. The van der Waals surface area contributed by atoms with Gasteiger partial charge in [0, 0.05) is 5.56 Å². The molecular formula is C13H7N5OS. The number of nitriles is 1. The minimum atomic E-state index is 0.268. The van der Waals surface area contributed by atoms with Crippen LogP contribution in [-0.2, 0) is 0 Å². The molecular weight excluding hydrogens is 274 g/mol. The van der Waals surface area contributed by atoms with Gasteiger partial charge in [0.2, 0.25) is 5.89 Å². The second kappa shape index (κ2) is 5.50. The van der Waals surface area contributed by atoms with E-state index in [0.29, 0.717) is 16.1 Å². The van der Waals surface area contributed by atoms with E-state index >= 15 is 0 Å². The van der Waals surface area contributed by atoms with Gasteiger partial charge in [-0.25, -0.2) is 9.97 Å². The molecule has 1 aromatic carbocycles. The maximum absolute atomic E-state index is 8.65. The third kappa shape index (κ3) is 2.65. The average Bonchev–Trinajstić information content (AvgIpc) is 2.97. The Morgan fingerprint density at radius 1 is 1.05 bits per heavy atom. The molecule has 6 nitrogen and oxygen atoms in total. The van der Waals surface area contributed by atoms with Crippen molar-refractivity contribution < 1.29 is 4.42 Å². The lowest BCUT2D eigenvalue weighted by Gasteiger charge is -1.94. The molecule has 0 saturated carbocycles. The first kappa shape index (κ1) is 12.3. The Kier molecular flexibility index (Phi) is 3.39. The number of rotatable bonds is 3. The van der Waals surface area contributed by atoms with Crippen LogP contribution in [0.1, 0.15) is 5.69 Å². The van der Waals surface area contributed by atoms with Crippen LogP contribution in [0.25, 0.3) is 11.5 Å². The Morgan fingerprint density at radius 2 is 1.90 bits per heavy atom. The molecule has 3 aromatic rings. The molecule has 0 bridgehead atoms. The highest BCUT2D eigenvalue weighted by Gasteiger charge is 2.10. The van der Waals surface area contributed by atoms with Crippen LogP contribution in [0.15, 0.2) is 57.4 Å². The smallest absolute Gasteiger partial charge is 0.283 e. The highest BCUT2D eigenvalue weighted by Crippen LogP contribution is 2.27. The molecule has 0 fully saturated rings. The highest BCUT2D eigenvalue weighted by molar-refractivity contribution is 7.99. The van der Waals surface area contributed by atoms with Gasteiger partial charge in [0.1, 0.15) is 11.1 Å². The zero-order valence-corrected chi connectivity index (χ0v) is 10.9. The number of aromatic nitrogens is 4. The number of benzene rings is 1. The van der Waals surface area contributed by atoms with Gasteiger partial charge in [0.15, 0.2) is 5.69 Å². The summed E-state index contributed by atoms with van der Waals surface area (Å²) >= 11 is 1.20. The van der Waals surface area contributed by atoms with Crippen LogP contribution >= 0.6 is 11.8 Å². The molecule has 0 aliphatic heterocycles. The standard InChI is InChI=1S/C13H7N5OS/c14-6-10-7-16-11(8-15-10)20-13-18-17-12(19-13)9-4-2-1-3-5-9/h1-5,7-8H. The zero-order valence-electron chi connectivity index (χ0n) is 10.1. The minimum absolute atomic E-state index is 0.268. The van der Waals surface area contributed by atoms with Crippen molar-refractivity contribution in [2.45, 2.75) is 10.2 Å². The summed E-state index contributed by atoms with van der Waals surface area (Å²) in [5.41, 5.74) is 1.13. The molecule has 2 heterocycles. The van der Waals surface area contributed by atoms with E-state index in [2.05, 4.69) is 20.2 Å². The number of nitrogens with zero attached hydrogens (tertiary/aromatic N) is 5. The van der Waals surface area contributed by atoms with Crippen molar-refractivity contribution in [1.82, 2.24) is 20.2 Å². The Bertz CT molecular complexity index is 748. The molecule has 0 saturated heterocycles. The van der Waals surface area contributed by atoms with Crippen molar-refractivity contribution in [3.8, 4) is 17.5 Å². The molecule has 0 atom stereocenters. The molecule has 0 aliphatic rings. The predicted molar refractivity (Wildman–Crippen MR) is 70.6 cm³/mol. The van der Waals surface area contributed by atoms with Crippen molar-refractivity contribution in [3.05, 3.63) is 48.4 Å². The van der Waals surface area contributed by atoms with Crippen LogP contribution in [0.5, 0.6) is 0 Å². The Balaban J connectivity index is 1.79. The second-order valence-electron chi connectivity index (χ2n) is 3.69. The van der Waals surface area contributed by atoms with Gasteiger partial charge in [-0.3, -0.25) is 0 Å². The fourth-order valence-electron chi connectivity index (χ4n) is 1.46. The molecule has 7 heteroatoms. The van der Waals surface area contributed by atoms with E-state index in [-0.39, 0.29) is 5.69 Å². The van der Waals surface area contributed by atoms with Crippen LogP contribution in [-0.4, -0.2) is 20.2 Å². The van der Waals surface area contributed by atoms with Crippen molar-refractivity contribution in [2.75, 3.05) is 0 Å². The molecule has 0 aliphatic carbocycles. The summed E-state index contributed by atoms with van der Waals surface area (Å²) in [7, 11) is 0. The second-order valence-corrected chi connectivity index (χ2v) is 4.66. The molecule has 0 N–H and O–H groups in total. The van der Waals surface area contributed by atoms with E-state index in [0.717, 1.165) is 5.56 Å². The lowest BCUT2D eigenvalue weighted by molar-refractivity contribution is 0.465. The minimum Gasteiger partial charge on any atom is -0.411 e. The third-order valence-electron chi connectivity index (χ3n) is 2.36. The number of hydrogen-bond donors (Lipinski definition) is 0. The third-order valence-corrected chi connectivity index (χ3v) is 3.12. The summed E-state index contributed by atoms with van der Waals surface area (Å²) in [6.45, 7) is 0. The van der Waals surface area contributed by atoms with Gasteiger partial charge in [-0.05, 0) is 23.9 Å². The molecule has 20 heavy (non-hydrogen) atoms. The SMILES string of the molecule is N#Cc1cnc(Sc2nnc(-c3ccccc3)o2)cn1. The van der Waals surface area contributed by atoms with Gasteiger partial charge in [-0.1, -0.05) is 18.2 Å². The molecule has 3 rings (SSSR count). The fraction of sp³-hybridized carbons (Fsp3) is 0. The maximum Gasteiger partial charge on any atom is 0.283 e. The summed E-state index contributed by atoms with van der Waals surface area (Å²) in [6, 6.07) is 11.4. The largest absolute Gasteiger partial charge is 0.411 e. The van der Waals surface area contributed by atoms with Crippen LogP contribution in [0.4, 0.5) is 0 Å². The van der Waals surface area contributed by atoms with E-state index in [1.54, 1.807) is 0 Å². The van der Waals surface area contributed by atoms with Crippen LogP contribution in [0.3, 0.4) is 0 Å². The first-order valence-electron chi connectivity index (χ1n) is 5.64. The summed E-state index contributed by atoms with van der Waals surface area (Å²) in [6.07, 6.45) is 2.90. The van der Waals surface area contributed by atoms with E-state index in [4.69, 9.17) is 9.68 Å².